The van der Waals surface area contributed by atoms with E-state index in [9.17, 15) is 9.59 Å². The number of piperazine rings is 1. The van der Waals surface area contributed by atoms with Gasteiger partial charge in [-0.05, 0) is 43.7 Å². The number of aromatic nitrogens is 1. The van der Waals surface area contributed by atoms with Gasteiger partial charge in [-0.2, -0.15) is 0 Å². The van der Waals surface area contributed by atoms with Crippen molar-refractivity contribution >= 4 is 11.8 Å². The van der Waals surface area contributed by atoms with Crippen molar-refractivity contribution in [1.29, 1.82) is 0 Å². The number of carbonyl (C=O) groups is 2. The molecule has 112 valence electrons. The van der Waals surface area contributed by atoms with Gasteiger partial charge in [-0.15, -0.1) is 0 Å². The van der Waals surface area contributed by atoms with Gasteiger partial charge in [0.15, 0.2) is 0 Å². The highest BCUT2D eigenvalue weighted by molar-refractivity contribution is 5.97. The number of hydrogen-bond acceptors (Lipinski definition) is 3. The number of pyridine rings is 1. The predicted molar refractivity (Wildman–Crippen MR) is 78.3 cm³/mol. The maximum Gasteiger partial charge on any atom is 0.246 e. The van der Waals surface area contributed by atoms with Crippen LogP contribution < -0.4 is 5.32 Å². The summed E-state index contributed by atoms with van der Waals surface area (Å²) in [7, 11) is 0. The van der Waals surface area contributed by atoms with Crippen LogP contribution in [-0.2, 0) is 16.1 Å². The Hall–Kier alpha value is -1.91. The molecule has 1 saturated heterocycles. The Labute approximate surface area is 124 Å². The number of nitrogens with zero attached hydrogens (tertiary/aromatic N) is 2. The first-order chi connectivity index (χ1) is 10.1. The van der Waals surface area contributed by atoms with Crippen LogP contribution in [0.25, 0.3) is 0 Å². The molecule has 2 heterocycles. The molecule has 1 aromatic rings. The van der Waals surface area contributed by atoms with Crippen molar-refractivity contribution in [2.24, 2.45) is 5.92 Å². The summed E-state index contributed by atoms with van der Waals surface area (Å²) in [5.74, 6) is 0.340. The zero-order valence-electron chi connectivity index (χ0n) is 12.5. The number of amides is 2. The molecule has 1 aromatic heterocycles. The number of aryl methyl sites for hydroxylation is 1. The average Bonchev–Trinajstić information content (AvgIpc) is 3.29. The van der Waals surface area contributed by atoms with Crippen LogP contribution in [0.15, 0.2) is 18.3 Å². The average molecular weight is 287 g/mol. The van der Waals surface area contributed by atoms with E-state index >= 15 is 0 Å². The van der Waals surface area contributed by atoms with E-state index in [4.69, 9.17) is 0 Å². The molecule has 5 nitrogen and oxygen atoms in total. The SMILES string of the molecule is CCC1NC(=O)C(C2CC2)N(Cc2ncccc2C)C1=O. The zero-order valence-corrected chi connectivity index (χ0v) is 12.5. The first-order valence-corrected chi connectivity index (χ1v) is 7.63. The van der Waals surface area contributed by atoms with E-state index in [1.165, 1.54) is 0 Å². The predicted octanol–water partition coefficient (Wildman–Crippen LogP) is 1.41. The molecule has 0 bridgehead atoms. The molecule has 0 radical (unpaired) electrons. The number of carbonyl (C=O) groups excluding carboxylic acids is 2. The minimum atomic E-state index is -0.392. The monoisotopic (exact) mass is 287 g/mol. The van der Waals surface area contributed by atoms with Crippen LogP contribution >= 0.6 is 0 Å². The third-order valence-electron chi connectivity index (χ3n) is 4.42. The van der Waals surface area contributed by atoms with Crippen LogP contribution in [0.3, 0.4) is 0 Å². The fraction of sp³-hybridized carbons (Fsp3) is 0.562. The van der Waals surface area contributed by atoms with Crippen molar-refractivity contribution in [3.63, 3.8) is 0 Å². The van der Waals surface area contributed by atoms with Crippen LogP contribution in [0, 0.1) is 12.8 Å². The molecule has 2 unspecified atom stereocenters. The second-order valence-corrected chi connectivity index (χ2v) is 5.98. The molecular weight excluding hydrogens is 266 g/mol. The summed E-state index contributed by atoms with van der Waals surface area (Å²) in [4.78, 5) is 31.1. The Kier molecular flexibility index (Phi) is 3.66. The summed E-state index contributed by atoms with van der Waals surface area (Å²) in [5.41, 5.74) is 1.93. The molecular formula is C16H21N3O2. The quantitative estimate of drug-likeness (QED) is 0.910. The lowest BCUT2D eigenvalue weighted by Gasteiger charge is -2.39. The Morgan fingerprint density at radius 1 is 1.38 bits per heavy atom. The first kappa shape index (κ1) is 14.0. The summed E-state index contributed by atoms with van der Waals surface area (Å²) < 4.78 is 0. The highest BCUT2D eigenvalue weighted by Gasteiger charge is 2.47. The largest absolute Gasteiger partial charge is 0.343 e. The molecule has 1 aliphatic heterocycles. The lowest BCUT2D eigenvalue weighted by molar-refractivity contribution is -0.151. The number of nitrogens with one attached hydrogen (secondary N) is 1. The third kappa shape index (κ3) is 2.64. The fourth-order valence-corrected chi connectivity index (χ4v) is 2.98. The molecule has 2 atom stereocenters. The lowest BCUT2D eigenvalue weighted by Crippen LogP contribution is -2.63. The van der Waals surface area contributed by atoms with Crippen LogP contribution in [0.1, 0.15) is 37.4 Å². The van der Waals surface area contributed by atoms with Crippen LogP contribution in [0.5, 0.6) is 0 Å². The van der Waals surface area contributed by atoms with Gasteiger partial charge < -0.3 is 10.2 Å². The number of rotatable bonds is 4. The van der Waals surface area contributed by atoms with Gasteiger partial charge in [0.25, 0.3) is 0 Å². The molecule has 1 saturated carbocycles. The number of hydrogen-bond donors (Lipinski definition) is 1. The van der Waals surface area contributed by atoms with Gasteiger partial charge in [0, 0.05) is 6.20 Å². The van der Waals surface area contributed by atoms with Crippen molar-refractivity contribution in [2.45, 2.75) is 51.7 Å². The van der Waals surface area contributed by atoms with Crippen molar-refractivity contribution in [1.82, 2.24) is 15.2 Å². The summed E-state index contributed by atoms with van der Waals surface area (Å²) >= 11 is 0. The Balaban J connectivity index is 1.89. The standard InChI is InChI=1S/C16H21N3O2/c1-3-12-16(21)19(9-13-10(2)5-4-8-17-13)14(11-6-7-11)15(20)18-12/h4-5,8,11-12,14H,3,6-7,9H2,1-2H3,(H,18,20). The fourth-order valence-electron chi connectivity index (χ4n) is 2.98. The van der Waals surface area contributed by atoms with E-state index in [1.807, 2.05) is 26.0 Å². The Morgan fingerprint density at radius 2 is 2.14 bits per heavy atom. The van der Waals surface area contributed by atoms with Crippen LogP contribution in [0.4, 0.5) is 0 Å². The van der Waals surface area contributed by atoms with Gasteiger partial charge in [0.1, 0.15) is 12.1 Å². The van der Waals surface area contributed by atoms with E-state index in [0.29, 0.717) is 18.9 Å². The summed E-state index contributed by atoms with van der Waals surface area (Å²) in [6, 6.07) is 3.16. The van der Waals surface area contributed by atoms with E-state index in [0.717, 1.165) is 24.1 Å². The van der Waals surface area contributed by atoms with Crippen LogP contribution in [-0.4, -0.2) is 33.8 Å². The van der Waals surface area contributed by atoms with E-state index < -0.39 is 6.04 Å². The summed E-state index contributed by atoms with van der Waals surface area (Å²) in [6.07, 6.45) is 4.42. The Bertz CT molecular complexity index is 568. The molecule has 3 rings (SSSR count). The van der Waals surface area contributed by atoms with E-state index in [-0.39, 0.29) is 17.9 Å². The maximum atomic E-state index is 12.6. The normalized spacial score (nSPS) is 25.9. The molecule has 2 amide bonds. The van der Waals surface area contributed by atoms with E-state index in [2.05, 4.69) is 10.3 Å². The van der Waals surface area contributed by atoms with Gasteiger partial charge in [0.2, 0.25) is 11.8 Å². The summed E-state index contributed by atoms with van der Waals surface area (Å²) in [5, 5.41) is 2.87. The highest BCUT2D eigenvalue weighted by Crippen LogP contribution is 2.37. The van der Waals surface area contributed by atoms with Gasteiger partial charge in [-0.1, -0.05) is 13.0 Å². The first-order valence-electron chi connectivity index (χ1n) is 7.63. The summed E-state index contributed by atoms with van der Waals surface area (Å²) in [6.45, 7) is 4.33. The molecule has 5 heteroatoms. The van der Waals surface area contributed by atoms with Crippen molar-refractivity contribution in [3.8, 4) is 0 Å². The molecule has 1 N–H and O–H groups in total. The van der Waals surface area contributed by atoms with E-state index in [1.54, 1.807) is 11.1 Å². The Morgan fingerprint density at radius 3 is 2.76 bits per heavy atom. The zero-order chi connectivity index (χ0) is 15.0. The minimum Gasteiger partial charge on any atom is -0.343 e. The molecule has 0 aromatic carbocycles. The molecule has 2 aliphatic rings. The van der Waals surface area contributed by atoms with Gasteiger partial charge in [-0.3, -0.25) is 14.6 Å². The second-order valence-electron chi connectivity index (χ2n) is 5.98. The van der Waals surface area contributed by atoms with Crippen molar-refractivity contribution in [3.05, 3.63) is 29.6 Å². The maximum absolute atomic E-state index is 12.6. The second kappa shape index (κ2) is 5.47. The van der Waals surface area contributed by atoms with Gasteiger partial charge in [-0.25, -0.2) is 0 Å². The smallest absolute Gasteiger partial charge is 0.246 e. The van der Waals surface area contributed by atoms with Crippen molar-refractivity contribution in [2.75, 3.05) is 0 Å². The van der Waals surface area contributed by atoms with Gasteiger partial charge in [0.05, 0.1) is 12.2 Å². The molecule has 0 spiro atoms. The van der Waals surface area contributed by atoms with Crippen molar-refractivity contribution < 1.29 is 9.59 Å². The molecule has 1 aliphatic carbocycles. The lowest BCUT2D eigenvalue weighted by atomic mass is 10.0. The minimum absolute atomic E-state index is 0.00228. The molecule has 21 heavy (non-hydrogen) atoms. The topological polar surface area (TPSA) is 62.3 Å². The van der Waals surface area contributed by atoms with Crippen LogP contribution in [0.2, 0.25) is 0 Å². The third-order valence-corrected chi connectivity index (χ3v) is 4.42. The molecule has 2 fully saturated rings. The highest BCUT2D eigenvalue weighted by atomic mass is 16.2. The van der Waals surface area contributed by atoms with Gasteiger partial charge >= 0.3 is 0 Å².